The molecule has 0 fully saturated rings. The molecule has 0 aliphatic heterocycles. The molecule has 0 amide bonds. The third-order valence-corrected chi connectivity index (χ3v) is 4.97. The SMILES string of the molecule is COC(=O)CSc1nc(-c2cccc(C)c2)nc2c1CCCC2. The molecule has 0 spiro atoms. The number of thioether (sulfide) groups is 1. The fourth-order valence-electron chi connectivity index (χ4n) is 2.78. The van der Waals surface area contributed by atoms with Crippen molar-refractivity contribution in [1.82, 2.24) is 9.97 Å². The summed E-state index contributed by atoms with van der Waals surface area (Å²) < 4.78 is 4.74. The van der Waals surface area contributed by atoms with Gasteiger partial charge in [0.05, 0.1) is 12.9 Å². The van der Waals surface area contributed by atoms with Crippen LogP contribution >= 0.6 is 11.8 Å². The Morgan fingerprint density at radius 3 is 2.87 bits per heavy atom. The molecule has 1 heterocycles. The first-order valence-corrected chi connectivity index (χ1v) is 8.82. The Bertz CT molecular complexity index is 731. The minimum Gasteiger partial charge on any atom is -0.468 e. The highest BCUT2D eigenvalue weighted by Gasteiger charge is 2.19. The molecule has 1 aromatic heterocycles. The molecule has 0 radical (unpaired) electrons. The van der Waals surface area contributed by atoms with E-state index in [1.165, 1.54) is 36.4 Å². The van der Waals surface area contributed by atoms with Crippen LogP contribution in [0.25, 0.3) is 11.4 Å². The standard InChI is InChI=1S/C18H20N2O2S/c1-12-6-5-7-13(10-12)17-19-15-9-4-3-8-14(15)18(20-17)23-11-16(21)22-2/h5-7,10H,3-4,8-9,11H2,1-2H3. The van der Waals surface area contributed by atoms with Crippen molar-refractivity contribution in [3.8, 4) is 11.4 Å². The average molecular weight is 328 g/mol. The summed E-state index contributed by atoms with van der Waals surface area (Å²) in [5, 5.41) is 0.927. The Hall–Kier alpha value is -1.88. The zero-order chi connectivity index (χ0) is 16.2. The number of fused-ring (bicyclic) bond motifs is 1. The number of aryl methyl sites for hydroxylation is 2. The Labute approximate surface area is 140 Å². The summed E-state index contributed by atoms with van der Waals surface area (Å²) in [6.45, 7) is 2.06. The summed E-state index contributed by atoms with van der Waals surface area (Å²) >= 11 is 1.46. The third kappa shape index (κ3) is 3.72. The molecular formula is C18H20N2O2S. The molecule has 4 nitrogen and oxygen atoms in total. The van der Waals surface area contributed by atoms with Crippen molar-refractivity contribution in [1.29, 1.82) is 0 Å². The summed E-state index contributed by atoms with van der Waals surface area (Å²) in [7, 11) is 1.41. The number of hydrogen-bond acceptors (Lipinski definition) is 5. The van der Waals surface area contributed by atoms with Crippen molar-refractivity contribution in [2.75, 3.05) is 12.9 Å². The second-order valence-corrected chi connectivity index (χ2v) is 6.68. The maximum Gasteiger partial charge on any atom is 0.316 e. The summed E-state index contributed by atoms with van der Waals surface area (Å²) in [5.74, 6) is 0.810. The van der Waals surface area contributed by atoms with Crippen LogP contribution in [0.4, 0.5) is 0 Å². The van der Waals surface area contributed by atoms with E-state index in [1.807, 2.05) is 12.1 Å². The fourth-order valence-corrected chi connectivity index (χ4v) is 3.70. The first-order chi connectivity index (χ1) is 11.2. The number of aromatic nitrogens is 2. The Morgan fingerprint density at radius 1 is 1.26 bits per heavy atom. The van der Waals surface area contributed by atoms with Gasteiger partial charge < -0.3 is 4.74 Å². The van der Waals surface area contributed by atoms with Crippen LogP contribution in [0, 0.1) is 6.92 Å². The molecule has 1 aliphatic rings. The van der Waals surface area contributed by atoms with Crippen LogP contribution in [-0.4, -0.2) is 28.8 Å². The molecule has 120 valence electrons. The van der Waals surface area contributed by atoms with Gasteiger partial charge in [-0.25, -0.2) is 9.97 Å². The van der Waals surface area contributed by atoms with Crippen molar-refractivity contribution in [3.63, 3.8) is 0 Å². The first-order valence-electron chi connectivity index (χ1n) is 7.84. The van der Waals surface area contributed by atoms with E-state index in [0.717, 1.165) is 41.4 Å². The van der Waals surface area contributed by atoms with Gasteiger partial charge in [0.25, 0.3) is 0 Å². The number of ether oxygens (including phenoxy) is 1. The van der Waals surface area contributed by atoms with E-state index >= 15 is 0 Å². The van der Waals surface area contributed by atoms with E-state index in [2.05, 4.69) is 19.1 Å². The Morgan fingerprint density at radius 2 is 2.09 bits per heavy atom. The number of nitrogens with zero attached hydrogens (tertiary/aromatic N) is 2. The lowest BCUT2D eigenvalue weighted by atomic mass is 9.97. The zero-order valence-corrected chi connectivity index (χ0v) is 14.3. The van der Waals surface area contributed by atoms with Crippen LogP contribution in [0.1, 0.15) is 29.7 Å². The number of benzene rings is 1. The highest BCUT2D eigenvalue weighted by atomic mass is 32.2. The maximum absolute atomic E-state index is 11.5. The number of hydrogen-bond donors (Lipinski definition) is 0. The molecule has 2 aromatic rings. The minimum atomic E-state index is -0.227. The van der Waals surface area contributed by atoms with Gasteiger partial charge in [-0.05, 0) is 38.7 Å². The van der Waals surface area contributed by atoms with Crippen LogP contribution in [0.15, 0.2) is 29.3 Å². The molecular weight excluding hydrogens is 308 g/mol. The quantitative estimate of drug-likeness (QED) is 0.488. The van der Waals surface area contributed by atoms with Gasteiger partial charge in [-0.15, -0.1) is 0 Å². The van der Waals surface area contributed by atoms with Crippen LogP contribution in [0.3, 0.4) is 0 Å². The van der Waals surface area contributed by atoms with Gasteiger partial charge in [0, 0.05) is 16.8 Å². The Balaban J connectivity index is 1.99. The van der Waals surface area contributed by atoms with Crippen molar-refractivity contribution in [3.05, 3.63) is 41.1 Å². The van der Waals surface area contributed by atoms with Gasteiger partial charge in [-0.3, -0.25) is 4.79 Å². The molecule has 23 heavy (non-hydrogen) atoms. The lowest BCUT2D eigenvalue weighted by Gasteiger charge is -2.18. The molecule has 0 N–H and O–H groups in total. The lowest BCUT2D eigenvalue weighted by Crippen LogP contribution is -2.11. The van der Waals surface area contributed by atoms with Crippen molar-refractivity contribution in [2.24, 2.45) is 0 Å². The number of methoxy groups -OCH3 is 1. The summed E-state index contributed by atoms with van der Waals surface area (Å²) in [4.78, 5) is 21.0. The lowest BCUT2D eigenvalue weighted by molar-refractivity contribution is -0.137. The number of rotatable bonds is 4. The van der Waals surface area contributed by atoms with Crippen molar-refractivity contribution in [2.45, 2.75) is 37.6 Å². The molecule has 5 heteroatoms. The normalized spacial score (nSPS) is 13.5. The zero-order valence-electron chi connectivity index (χ0n) is 13.5. The summed E-state index contributed by atoms with van der Waals surface area (Å²) in [6, 6.07) is 8.22. The molecule has 3 rings (SSSR count). The smallest absolute Gasteiger partial charge is 0.316 e. The maximum atomic E-state index is 11.5. The predicted molar refractivity (Wildman–Crippen MR) is 91.6 cm³/mol. The van der Waals surface area contributed by atoms with Crippen LogP contribution in [0.2, 0.25) is 0 Å². The Kier molecular flexibility index (Phi) is 4.96. The topological polar surface area (TPSA) is 52.1 Å². The molecule has 1 aliphatic carbocycles. The van der Waals surface area contributed by atoms with Crippen LogP contribution < -0.4 is 0 Å². The number of esters is 1. The van der Waals surface area contributed by atoms with Gasteiger partial charge in [0.15, 0.2) is 5.82 Å². The third-order valence-electron chi connectivity index (χ3n) is 3.98. The van der Waals surface area contributed by atoms with Gasteiger partial charge in [-0.2, -0.15) is 0 Å². The van der Waals surface area contributed by atoms with Gasteiger partial charge in [0.2, 0.25) is 0 Å². The second-order valence-electron chi connectivity index (χ2n) is 5.72. The van der Waals surface area contributed by atoms with Crippen molar-refractivity contribution < 1.29 is 9.53 Å². The van der Waals surface area contributed by atoms with Gasteiger partial charge >= 0.3 is 5.97 Å². The van der Waals surface area contributed by atoms with Crippen LogP contribution in [0.5, 0.6) is 0 Å². The second kappa shape index (κ2) is 7.13. The predicted octanol–water partition coefficient (Wildman–Crippen LogP) is 3.60. The fraction of sp³-hybridized carbons (Fsp3) is 0.389. The highest BCUT2D eigenvalue weighted by molar-refractivity contribution is 7.99. The van der Waals surface area contributed by atoms with E-state index in [1.54, 1.807) is 0 Å². The molecule has 1 aromatic carbocycles. The summed E-state index contributed by atoms with van der Waals surface area (Å²) in [5.41, 5.74) is 4.56. The monoisotopic (exact) mass is 328 g/mol. The molecule has 0 saturated heterocycles. The van der Waals surface area contributed by atoms with E-state index < -0.39 is 0 Å². The average Bonchev–Trinajstić information content (AvgIpc) is 2.59. The highest BCUT2D eigenvalue weighted by Crippen LogP contribution is 2.31. The van der Waals surface area contributed by atoms with Crippen molar-refractivity contribution >= 4 is 17.7 Å². The molecule has 0 bridgehead atoms. The van der Waals surface area contributed by atoms with E-state index in [0.29, 0.717) is 0 Å². The van der Waals surface area contributed by atoms with E-state index in [9.17, 15) is 4.79 Å². The molecule has 0 saturated carbocycles. The molecule has 0 atom stereocenters. The van der Waals surface area contributed by atoms with Gasteiger partial charge in [-0.1, -0.05) is 35.5 Å². The van der Waals surface area contributed by atoms with E-state index in [4.69, 9.17) is 14.7 Å². The number of carbonyl (C=O) groups excluding carboxylic acids is 1. The van der Waals surface area contributed by atoms with Crippen LogP contribution in [-0.2, 0) is 22.4 Å². The molecule has 0 unspecified atom stereocenters. The number of carbonyl (C=O) groups is 1. The van der Waals surface area contributed by atoms with Gasteiger partial charge in [0.1, 0.15) is 5.03 Å². The first kappa shape index (κ1) is 16.0. The largest absolute Gasteiger partial charge is 0.468 e. The minimum absolute atomic E-state index is 0.227. The summed E-state index contributed by atoms with van der Waals surface area (Å²) in [6.07, 6.45) is 4.31. The van der Waals surface area contributed by atoms with E-state index in [-0.39, 0.29) is 11.7 Å².